The van der Waals surface area contributed by atoms with Crippen molar-refractivity contribution in [2.75, 3.05) is 7.05 Å². The molecular formula is C15H18FNOS. The van der Waals surface area contributed by atoms with Gasteiger partial charge in [0.05, 0.1) is 0 Å². The van der Waals surface area contributed by atoms with Crippen LogP contribution in [0.3, 0.4) is 0 Å². The first-order valence-corrected chi connectivity index (χ1v) is 7.12. The highest BCUT2D eigenvalue weighted by molar-refractivity contribution is 7.09. The SMILES string of the molecule is CNC(C)c1cc(F)c(C)cc1OCc1cccs1. The average molecular weight is 279 g/mol. The molecule has 0 bridgehead atoms. The largest absolute Gasteiger partial charge is 0.488 e. The van der Waals surface area contributed by atoms with Crippen LogP contribution in [0.1, 0.15) is 29.0 Å². The van der Waals surface area contributed by atoms with E-state index in [9.17, 15) is 4.39 Å². The van der Waals surface area contributed by atoms with Crippen molar-refractivity contribution in [2.45, 2.75) is 26.5 Å². The number of hydrogen-bond donors (Lipinski definition) is 1. The van der Waals surface area contributed by atoms with Crippen molar-refractivity contribution in [3.63, 3.8) is 0 Å². The van der Waals surface area contributed by atoms with E-state index < -0.39 is 0 Å². The molecule has 1 aromatic heterocycles. The second kappa shape index (κ2) is 6.17. The molecule has 0 saturated carbocycles. The molecule has 0 saturated heterocycles. The zero-order valence-corrected chi connectivity index (χ0v) is 12.2. The van der Waals surface area contributed by atoms with Gasteiger partial charge < -0.3 is 10.1 Å². The maximum Gasteiger partial charge on any atom is 0.126 e. The first-order chi connectivity index (χ1) is 9.11. The molecule has 102 valence electrons. The van der Waals surface area contributed by atoms with Crippen molar-refractivity contribution in [1.82, 2.24) is 5.32 Å². The van der Waals surface area contributed by atoms with Crippen LogP contribution < -0.4 is 10.1 Å². The van der Waals surface area contributed by atoms with Gasteiger partial charge in [0.1, 0.15) is 18.2 Å². The Morgan fingerprint density at radius 2 is 2.21 bits per heavy atom. The fourth-order valence-electron chi connectivity index (χ4n) is 1.83. The average Bonchev–Trinajstić information content (AvgIpc) is 2.92. The summed E-state index contributed by atoms with van der Waals surface area (Å²) in [4.78, 5) is 1.16. The summed E-state index contributed by atoms with van der Waals surface area (Å²) in [7, 11) is 1.85. The lowest BCUT2D eigenvalue weighted by Crippen LogP contribution is -2.14. The smallest absolute Gasteiger partial charge is 0.126 e. The minimum atomic E-state index is -0.194. The molecule has 0 aliphatic heterocycles. The van der Waals surface area contributed by atoms with E-state index >= 15 is 0 Å². The topological polar surface area (TPSA) is 21.3 Å². The molecule has 1 unspecified atom stereocenters. The molecule has 1 N–H and O–H groups in total. The third-order valence-electron chi connectivity index (χ3n) is 3.14. The van der Waals surface area contributed by atoms with Gasteiger partial charge in [-0.25, -0.2) is 4.39 Å². The number of benzene rings is 1. The highest BCUT2D eigenvalue weighted by atomic mass is 32.1. The van der Waals surface area contributed by atoms with Crippen molar-refractivity contribution in [3.05, 3.63) is 51.5 Å². The van der Waals surface area contributed by atoms with E-state index in [1.165, 1.54) is 0 Å². The first-order valence-electron chi connectivity index (χ1n) is 6.24. The lowest BCUT2D eigenvalue weighted by Gasteiger charge is -2.17. The van der Waals surface area contributed by atoms with Crippen LogP contribution in [-0.4, -0.2) is 7.05 Å². The van der Waals surface area contributed by atoms with Crippen molar-refractivity contribution in [1.29, 1.82) is 0 Å². The van der Waals surface area contributed by atoms with Gasteiger partial charge in [0.2, 0.25) is 0 Å². The molecule has 19 heavy (non-hydrogen) atoms. The number of aryl methyl sites for hydroxylation is 1. The van der Waals surface area contributed by atoms with Crippen LogP contribution >= 0.6 is 11.3 Å². The summed E-state index contributed by atoms with van der Waals surface area (Å²) < 4.78 is 19.5. The van der Waals surface area contributed by atoms with E-state index in [0.717, 1.165) is 16.2 Å². The zero-order valence-electron chi connectivity index (χ0n) is 11.4. The van der Waals surface area contributed by atoms with Gasteiger partial charge in [0, 0.05) is 16.5 Å². The summed E-state index contributed by atoms with van der Waals surface area (Å²) in [5.74, 6) is 0.551. The minimum absolute atomic E-state index is 0.0495. The van der Waals surface area contributed by atoms with Gasteiger partial charge in [0.15, 0.2) is 0 Å². The fraction of sp³-hybridized carbons (Fsp3) is 0.333. The molecule has 0 aliphatic rings. The molecule has 0 radical (unpaired) electrons. The summed E-state index contributed by atoms with van der Waals surface area (Å²) in [6, 6.07) is 7.40. The molecule has 0 aliphatic carbocycles. The maximum atomic E-state index is 13.7. The van der Waals surface area contributed by atoms with E-state index in [4.69, 9.17) is 4.74 Å². The Bertz CT molecular complexity index is 539. The molecule has 2 nitrogen and oxygen atoms in total. The molecule has 1 heterocycles. The molecule has 1 aromatic carbocycles. The second-order valence-corrected chi connectivity index (χ2v) is 5.55. The highest BCUT2D eigenvalue weighted by Gasteiger charge is 2.14. The van der Waals surface area contributed by atoms with Gasteiger partial charge in [-0.3, -0.25) is 0 Å². The number of halogens is 1. The molecule has 2 aromatic rings. The molecule has 2 rings (SSSR count). The summed E-state index contributed by atoms with van der Waals surface area (Å²) in [6.45, 7) is 4.26. The Hall–Kier alpha value is -1.39. The van der Waals surface area contributed by atoms with Crippen molar-refractivity contribution < 1.29 is 9.13 Å². The molecule has 0 fully saturated rings. The Morgan fingerprint density at radius 3 is 2.84 bits per heavy atom. The quantitative estimate of drug-likeness (QED) is 0.891. The Morgan fingerprint density at radius 1 is 1.42 bits per heavy atom. The lowest BCUT2D eigenvalue weighted by molar-refractivity contribution is 0.303. The number of nitrogens with one attached hydrogen (secondary N) is 1. The third kappa shape index (κ3) is 3.33. The van der Waals surface area contributed by atoms with Crippen LogP contribution in [0.25, 0.3) is 0 Å². The lowest BCUT2D eigenvalue weighted by atomic mass is 10.0. The van der Waals surface area contributed by atoms with Crippen molar-refractivity contribution in [2.24, 2.45) is 0 Å². The number of ether oxygens (including phenoxy) is 1. The Balaban J connectivity index is 2.24. The normalized spacial score (nSPS) is 12.4. The zero-order chi connectivity index (χ0) is 13.8. The maximum absolute atomic E-state index is 13.7. The number of thiophene rings is 1. The molecular weight excluding hydrogens is 261 g/mol. The van der Waals surface area contributed by atoms with E-state index in [2.05, 4.69) is 5.32 Å². The summed E-state index contributed by atoms with van der Waals surface area (Å²) in [5, 5.41) is 5.14. The fourth-order valence-corrected chi connectivity index (χ4v) is 2.45. The summed E-state index contributed by atoms with van der Waals surface area (Å²) in [5.41, 5.74) is 1.45. The molecule has 1 atom stereocenters. The van der Waals surface area contributed by atoms with Gasteiger partial charge in [-0.2, -0.15) is 0 Å². The molecule has 0 spiro atoms. The predicted octanol–water partition coefficient (Wildman–Crippen LogP) is 4.06. The van der Waals surface area contributed by atoms with Crippen LogP contribution in [0.2, 0.25) is 0 Å². The van der Waals surface area contributed by atoms with Gasteiger partial charge in [-0.1, -0.05) is 6.07 Å². The van der Waals surface area contributed by atoms with Crippen molar-refractivity contribution >= 4 is 11.3 Å². The van der Waals surface area contributed by atoms with Crippen molar-refractivity contribution in [3.8, 4) is 5.75 Å². The van der Waals surface area contributed by atoms with Crippen LogP contribution in [0, 0.1) is 12.7 Å². The highest BCUT2D eigenvalue weighted by Crippen LogP contribution is 2.29. The first kappa shape index (κ1) is 14.0. The predicted molar refractivity (Wildman–Crippen MR) is 77.3 cm³/mol. The third-order valence-corrected chi connectivity index (χ3v) is 3.99. The molecule has 0 amide bonds. The van der Waals surface area contributed by atoms with Gasteiger partial charge in [0.25, 0.3) is 0 Å². The van der Waals surface area contributed by atoms with Crippen LogP contribution in [0.4, 0.5) is 4.39 Å². The van der Waals surface area contributed by atoms with E-state index in [1.807, 2.05) is 31.5 Å². The van der Waals surface area contributed by atoms with Crippen LogP contribution in [0.5, 0.6) is 5.75 Å². The summed E-state index contributed by atoms with van der Waals surface area (Å²) in [6.07, 6.45) is 0. The minimum Gasteiger partial charge on any atom is -0.488 e. The van der Waals surface area contributed by atoms with Crippen LogP contribution in [0.15, 0.2) is 29.6 Å². The number of rotatable bonds is 5. The van der Waals surface area contributed by atoms with E-state index in [0.29, 0.717) is 12.2 Å². The Kier molecular flexibility index (Phi) is 4.56. The summed E-state index contributed by atoms with van der Waals surface area (Å²) >= 11 is 1.65. The van der Waals surface area contributed by atoms with E-state index in [1.54, 1.807) is 30.4 Å². The second-order valence-electron chi connectivity index (χ2n) is 4.52. The number of hydrogen-bond acceptors (Lipinski definition) is 3. The monoisotopic (exact) mass is 279 g/mol. The standard InChI is InChI=1S/C15H18FNOS/c1-10-7-15(18-9-12-5-4-6-19-12)13(8-14(10)16)11(2)17-3/h4-8,11,17H,9H2,1-3H3. The Labute approximate surface area is 117 Å². The van der Waals surface area contributed by atoms with Gasteiger partial charge in [-0.15, -0.1) is 11.3 Å². The van der Waals surface area contributed by atoms with Crippen LogP contribution in [-0.2, 0) is 6.61 Å². The molecule has 4 heteroatoms. The van der Waals surface area contributed by atoms with Gasteiger partial charge >= 0.3 is 0 Å². The van der Waals surface area contributed by atoms with E-state index in [-0.39, 0.29) is 11.9 Å². The van der Waals surface area contributed by atoms with Gasteiger partial charge in [-0.05, 0) is 50.0 Å².